The molecule has 1 aromatic rings. The monoisotopic (exact) mass is 259 g/mol. The topological polar surface area (TPSA) is 49.3 Å². The maximum Gasteiger partial charge on any atom is 0.230 e. The number of hydrogen-bond acceptors (Lipinski definition) is 3. The first kappa shape index (κ1) is 13.4. The fraction of sp³-hybridized carbons (Fsp3) is 0.364. The zero-order valence-electron chi connectivity index (χ0n) is 8.94. The summed E-state index contributed by atoms with van der Waals surface area (Å²) in [5.41, 5.74) is 0. The molecule has 1 amide bonds. The van der Waals surface area contributed by atoms with Crippen LogP contribution < -0.4 is 5.32 Å². The first-order valence-electron chi connectivity index (χ1n) is 4.91. The second-order valence-electron chi connectivity index (χ2n) is 3.37. The van der Waals surface area contributed by atoms with Crippen LogP contribution in [0.3, 0.4) is 0 Å². The number of aliphatic hydroxyl groups is 1. The summed E-state index contributed by atoms with van der Waals surface area (Å²) >= 11 is 7.32. The smallest absolute Gasteiger partial charge is 0.230 e. The fourth-order valence-corrected chi connectivity index (χ4v) is 2.09. The van der Waals surface area contributed by atoms with Gasteiger partial charge in [-0.1, -0.05) is 23.7 Å². The van der Waals surface area contributed by atoms with Crippen molar-refractivity contribution < 1.29 is 9.90 Å². The number of benzene rings is 1. The van der Waals surface area contributed by atoms with E-state index in [0.717, 1.165) is 4.90 Å². The summed E-state index contributed by atoms with van der Waals surface area (Å²) in [6.45, 7) is 1.91. The SMILES string of the molecule is C[C@@H](O)CNC(=O)CSc1ccccc1Cl. The summed E-state index contributed by atoms with van der Waals surface area (Å²) in [5.74, 6) is 0.196. The second kappa shape index (κ2) is 6.78. The number of carbonyl (C=O) groups excluding carboxylic acids is 1. The zero-order chi connectivity index (χ0) is 12.0. The Morgan fingerprint density at radius 2 is 2.25 bits per heavy atom. The van der Waals surface area contributed by atoms with Crippen molar-refractivity contribution in [1.82, 2.24) is 5.32 Å². The Morgan fingerprint density at radius 3 is 2.88 bits per heavy atom. The molecule has 88 valence electrons. The molecule has 2 N–H and O–H groups in total. The van der Waals surface area contributed by atoms with Gasteiger partial charge >= 0.3 is 0 Å². The summed E-state index contributed by atoms with van der Waals surface area (Å²) in [6, 6.07) is 7.38. The van der Waals surface area contributed by atoms with E-state index in [1.165, 1.54) is 11.8 Å². The Morgan fingerprint density at radius 1 is 1.56 bits per heavy atom. The summed E-state index contributed by atoms with van der Waals surface area (Å²) in [5, 5.41) is 12.3. The van der Waals surface area contributed by atoms with Gasteiger partial charge in [0.15, 0.2) is 0 Å². The zero-order valence-corrected chi connectivity index (χ0v) is 10.5. The van der Waals surface area contributed by atoms with Gasteiger partial charge in [-0.25, -0.2) is 0 Å². The molecule has 0 bridgehead atoms. The van der Waals surface area contributed by atoms with Gasteiger partial charge in [0.2, 0.25) is 5.91 Å². The van der Waals surface area contributed by atoms with Crippen LogP contribution in [0.1, 0.15) is 6.92 Å². The third-order valence-corrected chi connectivity index (χ3v) is 3.31. The summed E-state index contributed by atoms with van der Waals surface area (Å²) in [6.07, 6.45) is -0.519. The van der Waals surface area contributed by atoms with E-state index in [-0.39, 0.29) is 12.5 Å². The largest absolute Gasteiger partial charge is 0.392 e. The Kier molecular flexibility index (Phi) is 5.66. The molecule has 0 aliphatic heterocycles. The molecule has 0 saturated carbocycles. The van der Waals surface area contributed by atoms with Crippen molar-refractivity contribution in [3.05, 3.63) is 29.3 Å². The molecule has 0 spiro atoms. The van der Waals surface area contributed by atoms with Gasteiger partial charge in [0.05, 0.1) is 16.9 Å². The van der Waals surface area contributed by atoms with E-state index in [9.17, 15) is 4.79 Å². The van der Waals surface area contributed by atoms with Gasteiger partial charge in [0.25, 0.3) is 0 Å². The third-order valence-electron chi connectivity index (χ3n) is 1.79. The Balaban J connectivity index is 2.35. The van der Waals surface area contributed by atoms with Crippen LogP contribution in [0.15, 0.2) is 29.2 Å². The Hall–Kier alpha value is -0.710. The van der Waals surface area contributed by atoms with E-state index in [4.69, 9.17) is 16.7 Å². The lowest BCUT2D eigenvalue weighted by atomic mass is 10.4. The molecule has 0 radical (unpaired) electrons. The number of carbonyl (C=O) groups is 1. The molecule has 0 aliphatic rings. The van der Waals surface area contributed by atoms with E-state index in [1.54, 1.807) is 13.0 Å². The first-order valence-corrected chi connectivity index (χ1v) is 6.28. The number of nitrogens with one attached hydrogen (secondary N) is 1. The van der Waals surface area contributed by atoms with Crippen molar-refractivity contribution in [3.8, 4) is 0 Å². The van der Waals surface area contributed by atoms with Gasteiger partial charge in [0.1, 0.15) is 0 Å². The predicted molar refractivity (Wildman–Crippen MR) is 66.9 cm³/mol. The number of aliphatic hydroxyl groups excluding tert-OH is 1. The summed E-state index contributed by atoms with van der Waals surface area (Å²) in [7, 11) is 0. The number of amides is 1. The van der Waals surface area contributed by atoms with Crippen molar-refractivity contribution in [3.63, 3.8) is 0 Å². The van der Waals surface area contributed by atoms with Crippen LogP contribution >= 0.6 is 23.4 Å². The minimum atomic E-state index is -0.519. The van der Waals surface area contributed by atoms with Gasteiger partial charge in [0, 0.05) is 11.4 Å². The number of thioether (sulfide) groups is 1. The van der Waals surface area contributed by atoms with E-state index in [2.05, 4.69) is 5.32 Å². The van der Waals surface area contributed by atoms with Crippen LogP contribution in [0.5, 0.6) is 0 Å². The van der Waals surface area contributed by atoms with Crippen molar-refractivity contribution >= 4 is 29.3 Å². The molecule has 1 aromatic carbocycles. The molecule has 0 saturated heterocycles. The van der Waals surface area contributed by atoms with Crippen LogP contribution in [0.4, 0.5) is 0 Å². The number of rotatable bonds is 5. The lowest BCUT2D eigenvalue weighted by molar-refractivity contribution is -0.118. The van der Waals surface area contributed by atoms with Crippen molar-refractivity contribution in [2.45, 2.75) is 17.9 Å². The van der Waals surface area contributed by atoms with Gasteiger partial charge < -0.3 is 10.4 Å². The molecular weight excluding hydrogens is 246 g/mol. The predicted octanol–water partition coefficient (Wildman–Crippen LogP) is 1.93. The lowest BCUT2D eigenvalue weighted by Crippen LogP contribution is -2.31. The van der Waals surface area contributed by atoms with Gasteiger partial charge in [-0.05, 0) is 19.1 Å². The third kappa shape index (κ3) is 4.88. The number of halogens is 1. The molecule has 0 unspecified atom stereocenters. The van der Waals surface area contributed by atoms with Crippen molar-refractivity contribution in [2.24, 2.45) is 0 Å². The van der Waals surface area contributed by atoms with Gasteiger partial charge in [-0.15, -0.1) is 11.8 Å². The Labute approximate surface area is 104 Å². The minimum Gasteiger partial charge on any atom is -0.392 e. The average molecular weight is 260 g/mol. The molecule has 0 aliphatic carbocycles. The Bertz CT molecular complexity index is 358. The summed E-state index contributed by atoms with van der Waals surface area (Å²) in [4.78, 5) is 12.2. The van der Waals surface area contributed by atoms with E-state index in [0.29, 0.717) is 10.8 Å². The standard InChI is InChI=1S/C11H14ClNO2S/c1-8(14)6-13-11(15)7-16-10-5-3-2-4-9(10)12/h2-5,8,14H,6-7H2,1H3,(H,13,15)/t8-/m1/s1. The molecule has 1 atom stereocenters. The molecule has 0 fully saturated rings. The highest BCUT2D eigenvalue weighted by Crippen LogP contribution is 2.26. The molecule has 1 rings (SSSR count). The van der Waals surface area contributed by atoms with Crippen LogP contribution in [-0.2, 0) is 4.79 Å². The lowest BCUT2D eigenvalue weighted by Gasteiger charge is -2.07. The first-order chi connectivity index (χ1) is 7.59. The molecule has 0 heterocycles. The highest BCUT2D eigenvalue weighted by atomic mass is 35.5. The van der Waals surface area contributed by atoms with E-state index in [1.807, 2.05) is 18.2 Å². The maximum atomic E-state index is 11.3. The fourth-order valence-electron chi connectivity index (χ4n) is 1.02. The molecule has 0 aromatic heterocycles. The second-order valence-corrected chi connectivity index (χ2v) is 4.80. The highest BCUT2D eigenvalue weighted by Gasteiger charge is 2.05. The summed E-state index contributed by atoms with van der Waals surface area (Å²) < 4.78 is 0. The van der Waals surface area contributed by atoms with E-state index < -0.39 is 6.10 Å². The maximum absolute atomic E-state index is 11.3. The van der Waals surface area contributed by atoms with E-state index >= 15 is 0 Å². The van der Waals surface area contributed by atoms with Crippen molar-refractivity contribution in [1.29, 1.82) is 0 Å². The van der Waals surface area contributed by atoms with Crippen LogP contribution in [0.2, 0.25) is 5.02 Å². The highest BCUT2D eigenvalue weighted by molar-refractivity contribution is 8.00. The van der Waals surface area contributed by atoms with Gasteiger partial charge in [-0.2, -0.15) is 0 Å². The molecule has 3 nitrogen and oxygen atoms in total. The normalized spacial score (nSPS) is 12.2. The van der Waals surface area contributed by atoms with Crippen LogP contribution in [0.25, 0.3) is 0 Å². The van der Waals surface area contributed by atoms with Crippen molar-refractivity contribution in [2.75, 3.05) is 12.3 Å². The minimum absolute atomic E-state index is 0.106. The number of hydrogen-bond donors (Lipinski definition) is 2. The van der Waals surface area contributed by atoms with Crippen LogP contribution in [0, 0.1) is 0 Å². The van der Waals surface area contributed by atoms with Gasteiger partial charge in [-0.3, -0.25) is 4.79 Å². The molecule has 5 heteroatoms. The quantitative estimate of drug-likeness (QED) is 0.795. The molecule has 16 heavy (non-hydrogen) atoms. The average Bonchev–Trinajstić information content (AvgIpc) is 2.25. The van der Waals surface area contributed by atoms with Crippen LogP contribution in [-0.4, -0.2) is 29.4 Å². The molecular formula is C11H14ClNO2S.